The van der Waals surface area contributed by atoms with Crippen LogP contribution in [0.5, 0.6) is 0 Å². The molecule has 1 aromatic heterocycles. The van der Waals surface area contributed by atoms with Gasteiger partial charge in [0.15, 0.2) is 0 Å². The molecular weight excluding hydrogens is 453 g/mol. The van der Waals surface area contributed by atoms with E-state index in [0.717, 1.165) is 17.2 Å². The van der Waals surface area contributed by atoms with Crippen LogP contribution in [0.25, 0.3) is 11.1 Å². The molecule has 3 rings (SSSR count). The molecule has 0 spiro atoms. The van der Waals surface area contributed by atoms with Gasteiger partial charge >= 0.3 is 12.1 Å². The monoisotopic (exact) mass is 476 g/mol. The van der Waals surface area contributed by atoms with Crippen molar-refractivity contribution >= 4 is 23.0 Å². The fourth-order valence-corrected chi connectivity index (χ4v) is 3.79. The molecule has 0 amide bonds. The molecule has 2 aromatic carbocycles. The third kappa shape index (κ3) is 7.16. The summed E-state index contributed by atoms with van der Waals surface area (Å²) in [5.41, 5.74) is 2.75. The van der Waals surface area contributed by atoms with Gasteiger partial charge in [0.05, 0.1) is 17.7 Å². The number of carbonyl (C=O) groups is 1. The van der Waals surface area contributed by atoms with Crippen LogP contribution in [0.15, 0.2) is 64.4 Å². The normalized spacial score (nSPS) is 12.1. The molecule has 0 unspecified atom stereocenters. The van der Waals surface area contributed by atoms with E-state index >= 15 is 0 Å². The van der Waals surface area contributed by atoms with E-state index in [1.165, 1.54) is 17.4 Å². The molecule has 9 heteroatoms. The minimum atomic E-state index is -4.48. The maximum Gasteiger partial charge on any atom is 0.417 e. The molecule has 0 fully saturated rings. The lowest BCUT2D eigenvalue weighted by Gasteiger charge is -2.14. The highest BCUT2D eigenvalue weighted by atomic mass is 32.1. The number of benzene rings is 2. The predicted molar refractivity (Wildman–Crippen MR) is 122 cm³/mol. The Labute approximate surface area is 193 Å². The standard InChI is InChI=1S/C24H23F3N2O3S/c1-16(19-5-2-17(3-6-19)13-28-10-8-23(30)31)29-32-14-18-4-7-21(20-9-11-33-15-20)22(12-18)24(25,26)27/h2-7,9,11-12,15,28H,8,10,13-14H2,1H3,(H,30,31)/b29-16-. The Bertz CT molecular complexity index is 1100. The molecule has 174 valence electrons. The van der Waals surface area contributed by atoms with Crippen molar-refractivity contribution in [2.45, 2.75) is 32.7 Å². The van der Waals surface area contributed by atoms with Crippen LogP contribution in [0.1, 0.15) is 35.6 Å². The van der Waals surface area contributed by atoms with Gasteiger partial charge in [0.2, 0.25) is 0 Å². The van der Waals surface area contributed by atoms with E-state index in [9.17, 15) is 18.0 Å². The Balaban J connectivity index is 1.60. The zero-order valence-electron chi connectivity index (χ0n) is 17.9. The van der Waals surface area contributed by atoms with Gasteiger partial charge in [-0.15, -0.1) is 0 Å². The van der Waals surface area contributed by atoms with Gasteiger partial charge in [-0.3, -0.25) is 4.79 Å². The van der Waals surface area contributed by atoms with Crippen molar-refractivity contribution in [3.8, 4) is 11.1 Å². The van der Waals surface area contributed by atoms with Crippen molar-refractivity contribution < 1.29 is 27.9 Å². The number of nitrogens with one attached hydrogen (secondary N) is 1. The van der Waals surface area contributed by atoms with E-state index < -0.39 is 17.7 Å². The molecule has 2 N–H and O–H groups in total. The van der Waals surface area contributed by atoms with Crippen LogP contribution in [0.2, 0.25) is 0 Å². The minimum absolute atomic E-state index is 0.0579. The Morgan fingerprint density at radius 2 is 1.85 bits per heavy atom. The van der Waals surface area contributed by atoms with E-state index in [-0.39, 0.29) is 18.6 Å². The summed E-state index contributed by atoms with van der Waals surface area (Å²) in [7, 11) is 0. The summed E-state index contributed by atoms with van der Waals surface area (Å²) in [5, 5.41) is 19.1. The second-order valence-electron chi connectivity index (χ2n) is 7.36. The predicted octanol–water partition coefficient (Wildman–Crippen LogP) is 5.94. The van der Waals surface area contributed by atoms with Crippen LogP contribution in [0, 0.1) is 0 Å². The number of aliphatic carboxylic acids is 1. The van der Waals surface area contributed by atoms with Crippen molar-refractivity contribution in [2.75, 3.05) is 6.54 Å². The molecule has 0 bridgehead atoms. The summed E-state index contributed by atoms with van der Waals surface area (Å²) in [5.74, 6) is -0.849. The Morgan fingerprint density at radius 1 is 1.12 bits per heavy atom. The highest BCUT2D eigenvalue weighted by Crippen LogP contribution is 2.38. The summed E-state index contributed by atoms with van der Waals surface area (Å²) in [4.78, 5) is 15.8. The highest BCUT2D eigenvalue weighted by molar-refractivity contribution is 7.08. The van der Waals surface area contributed by atoms with Crippen molar-refractivity contribution in [1.29, 1.82) is 0 Å². The molecule has 0 aliphatic rings. The third-order valence-corrected chi connectivity index (χ3v) is 5.55. The lowest BCUT2D eigenvalue weighted by Crippen LogP contribution is -2.17. The van der Waals surface area contributed by atoms with E-state index in [2.05, 4.69) is 10.5 Å². The number of halogens is 3. The summed E-state index contributed by atoms with van der Waals surface area (Å²) in [6.07, 6.45) is -4.42. The molecule has 0 atom stereocenters. The summed E-state index contributed by atoms with van der Waals surface area (Å²) >= 11 is 1.34. The number of thiophene rings is 1. The number of oxime groups is 1. The van der Waals surface area contributed by atoms with Crippen molar-refractivity contribution in [3.63, 3.8) is 0 Å². The fourth-order valence-electron chi connectivity index (χ4n) is 3.13. The molecule has 5 nitrogen and oxygen atoms in total. The first-order valence-corrected chi connectivity index (χ1v) is 11.1. The lowest BCUT2D eigenvalue weighted by atomic mass is 9.99. The summed E-state index contributed by atoms with van der Waals surface area (Å²) in [6.45, 7) is 2.59. The van der Waals surface area contributed by atoms with Crippen molar-refractivity contribution in [1.82, 2.24) is 5.32 Å². The maximum atomic E-state index is 13.6. The lowest BCUT2D eigenvalue weighted by molar-refractivity contribution is -0.138. The van der Waals surface area contributed by atoms with E-state index in [4.69, 9.17) is 9.94 Å². The van der Waals surface area contributed by atoms with Crippen LogP contribution in [0.3, 0.4) is 0 Å². The second kappa shape index (κ2) is 11.1. The van der Waals surface area contributed by atoms with Gasteiger partial charge in [-0.05, 0) is 57.6 Å². The first-order chi connectivity index (χ1) is 15.7. The number of alkyl halides is 3. The number of carboxylic acid groups (broad SMARTS) is 1. The summed E-state index contributed by atoms with van der Waals surface area (Å²) in [6, 6.07) is 13.3. The average Bonchev–Trinajstić information content (AvgIpc) is 3.31. The number of hydrogen-bond donors (Lipinski definition) is 2. The van der Waals surface area contributed by atoms with Gasteiger partial charge < -0.3 is 15.3 Å². The number of hydrogen-bond acceptors (Lipinski definition) is 5. The average molecular weight is 477 g/mol. The quantitative estimate of drug-likeness (QED) is 0.216. The van der Waals surface area contributed by atoms with Gasteiger partial charge in [-0.25, -0.2) is 0 Å². The number of nitrogens with zero attached hydrogens (tertiary/aromatic N) is 1. The largest absolute Gasteiger partial charge is 0.481 e. The SMILES string of the molecule is C/C(=N/OCc1ccc(-c2ccsc2)c(C(F)(F)F)c1)c1ccc(CNCCC(=O)O)cc1. The van der Waals surface area contributed by atoms with Crippen LogP contribution < -0.4 is 5.32 Å². The van der Waals surface area contributed by atoms with Crippen LogP contribution >= 0.6 is 11.3 Å². The molecule has 0 saturated carbocycles. The van der Waals surface area contributed by atoms with E-state index in [1.807, 2.05) is 24.3 Å². The zero-order chi connectivity index (χ0) is 23.8. The number of rotatable bonds is 10. The molecule has 33 heavy (non-hydrogen) atoms. The molecule has 0 aliphatic carbocycles. The Hall–Kier alpha value is -3.17. The molecule has 0 saturated heterocycles. The fraction of sp³-hybridized carbons (Fsp3) is 0.250. The Kier molecular flexibility index (Phi) is 8.24. The second-order valence-corrected chi connectivity index (χ2v) is 8.14. The van der Waals surface area contributed by atoms with Gasteiger partial charge in [0, 0.05) is 13.1 Å². The molecule has 3 aromatic rings. The first-order valence-electron chi connectivity index (χ1n) is 10.1. The number of carboxylic acids is 1. The van der Waals surface area contributed by atoms with Crippen LogP contribution in [-0.4, -0.2) is 23.3 Å². The molecular formula is C24H23F3N2O3S. The maximum absolute atomic E-state index is 13.6. The van der Waals surface area contributed by atoms with E-state index in [0.29, 0.717) is 29.9 Å². The van der Waals surface area contributed by atoms with Crippen LogP contribution in [-0.2, 0) is 29.0 Å². The minimum Gasteiger partial charge on any atom is -0.481 e. The van der Waals surface area contributed by atoms with Gasteiger partial charge in [-0.2, -0.15) is 24.5 Å². The van der Waals surface area contributed by atoms with Crippen molar-refractivity contribution in [3.05, 3.63) is 81.5 Å². The summed E-state index contributed by atoms with van der Waals surface area (Å²) < 4.78 is 40.7. The molecule has 0 aliphatic heterocycles. The Morgan fingerprint density at radius 3 is 2.48 bits per heavy atom. The molecule has 0 radical (unpaired) electrons. The molecule has 1 heterocycles. The van der Waals surface area contributed by atoms with Gasteiger partial charge in [-0.1, -0.05) is 41.6 Å². The topological polar surface area (TPSA) is 70.9 Å². The highest BCUT2D eigenvalue weighted by Gasteiger charge is 2.34. The van der Waals surface area contributed by atoms with Gasteiger partial charge in [0.1, 0.15) is 6.61 Å². The smallest absolute Gasteiger partial charge is 0.417 e. The van der Waals surface area contributed by atoms with E-state index in [1.54, 1.807) is 29.8 Å². The zero-order valence-corrected chi connectivity index (χ0v) is 18.7. The first kappa shape index (κ1) is 24.5. The third-order valence-electron chi connectivity index (χ3n) is 4.87. The van der Waals surface area contributed by atoms with Crippen molar-refractivity contribution in [2.24, 2.45) is 5.16 Å². The van der Waals surface area contributed by atoms with Gasteiger partial charge in [0.25, 0.3) is 0 Å². The van der Waals surface area contributed by atoms with Crippen LogP contribution in [0.4, 0.5) is 13.2 Å².